The number of carbonyl (C=O) groups is 1. The fourth-order valence-electron chi connectivity index (χ4n) is 2.43. The average Bonchev–Trinajstić information content (AvgIpc) is 2.69. The second-order valence-electron chi connectivity index (χ2n) is 5.25. The van der Waals surface area contributed by atoms with E-state index in [9.17, 15) is 19.3 Å². The van der Waals surface area contributed by atoms with Gasteiger partial charge in [-0.1, -0.05) is 6.42 Å². The van der Waals surface area contributed by atoms with E-state index in [0.717, 1.165) is 37.9 Å². The Labute approximate surface area is 121 Å². The Balaban J connectivity index is 2.19. The highest BCUT2D eigenvalue weighted by atomic mass is 19.1. The van der Waals surface area contributed by atoms with Crippen molar-refractivity contribution in [2.75, 3.05) is 13.1 Å². The van der Waals surface area contributed by atoms with Gasteiger partial charge < -0.3 is 10.6 Å². The lowest BCUT2D eigenvalue weighted by Crippen LogP contribution is -2.41. The number of hydrogen-bond donors (Lipinski definition) is 2. The summed E-state index contributed by atoms with van der Waals surface area (Å²) in [6, 6.07) is 2.03. The van der Waals surface area contributed by atoms with E-state index in [1.807, 2.05) is 0 Å². The van der Waals surface area contributed by atoms with Crippen LogP contribution in [0.4, 0.5) is 10.1 Å². The largest absolute Gasteiger partial charge is 0.348 e. The van der Waals surface area contributed by atoms with E-state index in [0.29, 0.717) is 6.54 Å². The van der Waals surface area contributed by atoms with E-state index < -0.39 is 16.6 Å². The van der Waals surface area contributed by atoms with Crippen LogP contribution in [0.2, 0.25) is 0 Å². The molecule has 2 N–H and O–H groups in total. The van der Waals surface area contributed by atoms with Crippen LogP contribution in [-0.4, -0.2) is 30.0 Å². The fourth-order valence-corrected chi connectivity index (χ4v) is 2.43. The molecule has 1 aliphatic heterocycles. The molecule has 1 aromatic rings. The summed E-state index contributed by atoms with van der Waals surface area (Å²) in [4.78, 5) is 22.4. The zero-order valence-corrected chi connectivity index (χ0v) is 11.8. The summed E-state index contributed by atoms with van der Waals surface area (Å²) in [6.07, 6.45) is 2.83. The van der Waals surface area contributed by atoms with Gasteiger partial charge in [-0.05, 0) is 31.9 Å². The van der Waals surface area contributed by atoms with E-state index in [1.54, 1.807) is 0 Å². The quantitative estimate of drug-likeness (QED) is 0.659. The third-order valence-electron chi connectivity index (χ3n) is 3.58. The summed E-state index contributed by atoms with van der Waals surface area (Å²) in [5.74, 6) is -1.31. The van der Waals surface area contributed by atoms with Crippen LogP contribution in [0.25, 0.3) is 0 Å². The molecule has 1 heterocycles. The van der Waals surface area contributed by atoms with Gasteiger partial charge in [0.05, 0.1) is 10.5 Å². The fraction of sp³-hybridized carbons (Fsp3) is 0.500. The summed E-state index contributed by atoms with van der Waals surface area (Å²) in [5.41, 5.74) is -0.461. The monoisotopic (exact) mass is 295 g/mol. The van der Waals surface area contributed by atoms with Gasteiger partial charge in [0, 0.05) is 24.7 Å². The van der Waals surface area contributed by atoms with Crippen molar-refractivity contribution in [3.8, 4) is 0 Å². The minimum absolute atomic E-state index is 0.0843. The highest BCUT2D eigenvalue weighted by Crippen LogP contribution is 2.21. The Morgan fingerprint density at radius 2 is 2.24 bits per heavy atom. The number of hydrogen-bond acceptors (Lipinski definition) is 4. The van der Waals surface area contributed by atoms with Crippen LogP contribution in [0.1, 0.15) is 35.2 Å². The Hall–Kier alpha value is -2.02. The van der Waals surface area contributed by atoms with E-state index in [-0.39, 0.29) is 22.9 Å². The molecule has 2 rings (SSSR count). The number of rotatable bonds is 3. The molecular formula is C14H18FN3O3. The van der Waals surface area contributed by atoms with Gasteiger partial charge in [0.2, 0.25) is 0 Å². The first kappa shape index (κ1) is 15.4. The van der Waals surface area contributed by atoms with Crippen molar-refractivity contribution in [2.45, 2.75) is 32.2 Å². The van der Waals surface area contributed by atoms with Gasteiger partial charge in [-0.25, -0.2) is 4.39 Å². The third kappa shape index (κ3) is 3.75. The van der Waals surface area contributed by atoms with E-state index in [2.05, 4.69) is 10.6 Å². The molecule has 0 bridgehead atoms. The topological polar surface area (TPSA) is 84.3 Å². The van der Waals surface area contributed by atoms with Crippen molar-refractivity contribution in [3.63, 3.8) is 0 Å². The maximum atomic E-state index is 14.0. The van der Waals surface area contributed by atoms with Crippen LogP contribution in [0.3, 0.4) is 0 Å². The number of benzene rings is 1. The molecule has 21 heavy (non-hydrogen) atoms. The first-order valence-electron chi connectivity index (χ1n) is 6.95. The summed E-state index contributed by atoms with van der Waals surface area (Å²) < 4.78 is 14.0. The van der Waals surface area contributed by atoms with Gasteiger partial charge >= 0.3 is 0 Å². The Kier molecular flexibility index (Phi) is 4.85. The normalized spacial score (nSPS) is 18.9. The highest BCUT2D eigenvalue weighted by molar-refractivity contribution is 5.95. The molecular weight excluding hydrogens is 277 g/mol. The Morgan fingerprint density at radius 1 is 1.48 bits per heavy atom. The van der Waals surface area contributed by atoms with Crippen LogP contribution >= 0.6 is 0 Å². The van der Waals surface area contributed by atoms with Crippen LogP contribution in [0.5, 0.6) is 0 Å². The van der Waals surface area contributed by atoms with E-state index in [1.165, 1.54) is 6.92 Å². The number of nitro groups is 1. The van der Waals surface area contributed by atoms with Gasteiger partial charge in [0.1, 0.15) is 5.82 Å². The molecule has 1 aromatic carbocycles. The molecule has 6 nitrogen and oxygen atoms in total. The maximum absolute atomic E-state index is 14.0. The number of carbonyl (C=O) groups excluding carboxylic acids is 1. The summed E-state index contributed by atoms with van der Waals surface area (Å²) in [6.45, 7) is 2.93. The van der Waals surface area contributed by atoms with Crippen LogP contribution in [0.15, 0.2) is 12.1 Å². The molecule has 0 saturated carbocycles. The molecule has 1 aliphatic rings. The van der Waals surface area contributed by atoms with Crippen LogP contribution < -0.4 is 10.6 Å². The Bertz CT molecular complexity index is 555. The standard InChI is InChI=1S/C14H18FN3O3/c1-9-6-11(18(20)21)7-12(13(9)15)14(19)17-10-4-2-3-5-16-8-10/h6-7,10,16H,2-5,8H2,1H3,(H,17,19). The van der Waals surface area contributed by atoms with Crippen molar-refractivity contribution < 1.29 is 14.1 Å². The van der Waals surface area contributed by atoms with Gasteiger partial charge in [-0.3, -0.25) is 14.9 Å². The van der Waals surface area contributed by atoms with Gasteiger partial charge in [-0.15, -0.1) is 0 Å². The number of amides is 1. The second-order valence-corrected chi connectivity index (χ2v) is 5.25. The first-order chi connectivity index (χ1) is 9.99. The van der Waals surface area contributed by atoms with Gasteiger partial charge in [-0.2, -0.15) is 0 Å². The van der Waals surface area contributed by atoms with E-state index in [4.69, 9.17) is 0 Å². The number of aryl methyl sites for hydroxylation is 1. The van der Waals surface area contributed by atoms with Crippen molar-refractivity contribution in [3.05, 3.63) is 39.2 Å². The molecule has 0 aromatic heterocycles. The van der Waals surface area contributed by atoms with Crippen LogP contribution in [-0.2, 0) is 0 Å². The third-order valence-corrected chi connectivity index (χ3v) is 3.58. The zero-order valence-electron chi connectivity index (χ0n) is 11.8. The molecule has 1 fully saturated rings. The average molecular weight is 295 g/mol. The second kappa shape index (κ2) is 6.62. The molecule has 1 amide bonds. The van der Waals surface area contributed by atoms with Crippen molar-refractivity contribution in [1.82, 2.24) is 10.6 Å². The SMILES string of the molecule is Cc1cc([N+](=O)[O-])cc(C(=O)NC2CCCCNC2)c1F. The zero-order chi connectivity index (χ0) is 15.4. The van der Waals surface area contributed by atoms with Crippen molar-refractivity contribution in [1.29, 1.82) is 0 Å². The van der Waals surface area contributed by atoms with Crippen LogP contribution in [0, 0.1) is 22.9 Å². The van der Waals surface area contributed by atoms with Crippen molar-refractivity contribution in [2.24, 2.45) is 0 Å². The molecule has 0 radical (unpaired) electrons. The molecule has 1 atom stereocenters. The lowest BCUT2D eigenvalue weighted by molar-refractivity contribution is -0.385. The first-order valence-corrected chi connectivity index (χ1v) is 6.95. The molecule has 1 saturated heterocycles. The van der Waals surface area contributed by atoms with Crippen molar-refractivity contribution >= 4 is 11.6 Å². The number of nitro benzene ring substituents is 1. The van der Waals surface area contributed by atoms with Gasteiger partial charge in [0.15, 0.2) is 0 Å². The minimum Gasteiger partial charge on any atom is -0.348 e. The summed E-state index contributed by atoms with van der Waals surface area (Å²) >= 11 is 0. The number of nitrogens with zero attached hydrogens (tertiary/aromatic N) is 1. The predicted octanol–water partition coefficient (Wildman–Crippen LogP) is 1.91. The highest BCUT2D eigenvalue weighted by Gasteiger charge is 2.22. The van der Waals surface area contributed by atoms with E-state index >= 15 is 0 Å². The smallest absolute Gasteiger partial charge is 0.270 e. The number of non-ortho nitro benzene ring substituents is 1. The number of nitrogens with one attached hydrogen (secondary N) is 2. The van der Waals surface area contributed by atoms with Gasteiger partial charge in [0.25, 0.3) is 11.6 Å². The predicted molar refractivity (Wildman–Crippen MR) is 75.8 cm³/mol. The Morgan fingerprint density at radius 3 is 2.95 bits per heavy atom. The molecule has 0 spiro atoms. The molecule has 1 unspecified atom stereocenters. The maximum Gasteiger partial charge on any atom is 0.270 e. The summed E-state index contributed by atoms with van der Waals surface area (Å²) in [7, 11) is 0. The lowest BCUT2D eigenvalue weighted by atomic mass is 10.1. The number of halogens is 1. The minimum atomic E-state index is -0.709. The molecule has 0 aliphatic carbocycles. The lowest BCUT2D eigenvalue weighted by Gasteiger charge is -2.17. The summed E-state index contributed by atoms with van der Waals surface area (Å²) in [5, 5.41) is 16.8. The molecule has 7 heteroatoms. The molecule has 114 valence electrons.